The second-order valence-electron chi connectivity index (χ2n) is 9.97. The summed E-state index contributed by atoms with van der Waals surface area (Å²) in [7, 11) is 0. The van der Waals surface area contributed by atoms with Gasteiger partial charge in [-0.05, 0) is 37.7 Å². The lowest BCUT2D eigenvalue weighted by atomic mass is 10.1. The number of carbonyl (C=O) groups excluding carboxylic acids is 2. The summed E-state index contributed by atoms with van der Waals surface area (Å²) in [4.78, 5) is 40.0. The number of amides is 2. The van der Waals surface area contributed by atoms with Gasteiger partial charge in [0.1, 0.15) is 29.6 Å². The van der Waals surface area contributed by atoms with Gasteiger partial charge in [0.05, 0.1) is 0 Å². The monoisotopic (exact) mass is 540 g/mol. The van der Waals surface area contributed by atoms with Crippen molar-refractivity contribution in [1.29, 1.82) is 0 Å². The van der Waals surface area contributed by atoms with Gasteiger partial charge in [0.25, 0.3) is 11.8 Å². The Morgan fingerprint density at radius 3 is 2.41 bits per heavy atom. The van der Waals surface area contributed by atoms with Crippen LogP contribution in [0.15, 0.2) is 53.5 Å². The van der Waals surface area contributed by atoms with Crippen LogP contribution in [-0.4, -0.2) is 28.6 Å². The number of aromatic nitrogens is 1. The molecule has 3 aromatic rings. The van der Waals surface area contributed by atoms with Crippen molar-refractivity contribution in [2.75, 3.05) is 5.43 Å². The number of nitrogens with one attached hydrogen (secondary N) is 3. The smallest absolute Gasteiger partial charge is 0.274 e. The average molecular weight is 541 g/mol. The predicted molar refractivity (Wildman–Crippen MR) is 136 cm³/mol. The molecule has 1 aromatic heterocycles. The lowest BCUT2D eigenvalue weighted by Gasteiger charge is -2.22. The molecule has 0 radical (unpaired) electrons. The third-order valence-corrected chi connectivity index (χ3v) is 7.26. The molecule has 2 amide bonds. The highest BCUT2D eigenvalue weighted by atomic mass is 19.1. The van der Waals surface area contributed by atoms with Gasteiger partial charge in [0, 0.05) is 42.5 Å². The first-order valence-corrected chi connectivity index (χ1v) is 12.6. The van der Waals surface area contributed by atoms with Crippen molar-refractivity contribution < 1.29 is 27.5 Å². The molecule has 1 aliphatic heterocycles. The van der Waals surface area contributed by atoms with Gasteiger partial charge in [-0.1, -0.05) is 30.3 Å². The highest BCUT2D eigenvalue weighted by Gasteiger charge is 2.46. The fourth-order valence-electron chi connectivity index (χ4n) is 5.02. The molecule has 1 aliphatic carbocycles. The molecule has 204 valence electrons. The number of fused-ring (bicyclic) bond motifs is 2. The zero-order valence-corrected chi connectivity index (χ0v) is 21.3. The van der Waals surface area contributed by atoms with Gasteiger partial charge in [-0.3, -0.25) is 19.1 Å². The fraction of sp³-hybridized carbons (Fsp3) is 0.321. The zero-order chi connectivity index (χ0) is 27.8. The van der Waals surface area contributed by atoms with Crippen LogP contribution in [0.2, 0.25) is 0 Å². The van der Waals surface area contributed by atoms with Crippen molar-refractivity contribution in [2.24, 2.45) is 11.8 Å². The van der Waals surface area contributed by atoms with E-state index in [0.29, 0.717) is 12.1 Å². The summed E-state index contributed by atoms with van der Waals surface area (Å²) in [5, 5.41) is 5.25. The van der Waals surface area contributed by atoms with E-state index in [2.05, 4.69) is 16.1 Å². The van der Waals surface area contributed by atoms with Crippen LogP contribution in [0.3, 0.4) is 0 Å². The minimum absolute atomic E-state index is 0.0518. The van der Waals surface area contributed by atoms with E-state index in [0.717, 1.165) is 12.0 Å². The minimum atomic E-state index is -1.17. The summed E-state index contributed by atoms with van der Waals surface area (Å²) >= 11 is 0. The van der Waals surface area contributed by atoms with Crippen LogP contribution in [0.1, 0.15) is 52.2 Å². The van der Waals surface area contributed by atoms with Crippen LogP contribution in [0.5, 0.6) is 5.75 Å². The number of pyridine rings is 1. The number of hydrogen-bond acceptors (Lipinski definition) is 5. The lowest BCUT2D eigenvalue weighted by Crippen LogP contribution is -2.39. The van der Waals surface area contributed by atoms with Crippen LogP contribution in [0.25, 0.3) is 0 Å². The molecule has 39 heavy (non-hydrogen) atoms. The molecule has 2 aliphatic rings. The molecule has 2 unspecified atom stereocenters. The summed E-state index contributed by atoms with van der Waals surface area (Å²) in [6, 6.07) is 9.73. The molecule has 3 N–H and O–H groups in total. The minimum Gasteiger partial charge on any atom is -0.482 e. The average Bonchev–Trinajstić information content (AvgIpc) is 3.69. The summed E-state index contributed by atoms with van der Waals surface area (Å²) in [6.45, 7) is 3.16. The number of benzene rings is 2. The van der Waals surface area contributed by atoms with Gasteiger partial charge >= 0.3 is 0 Å². The molecule has 0 spiro atoms. The molecule has 4 atom stereocenters. The Balaban J connectivity index is 1.53. The van der Waals surface area contributed by atoms with Crippen LogP contribution in [-0.2, 0) is 13.2 Å². The van der Waals surface area contributed by atoms with Gasteiger partial charge in [-0.15, -0.1) is 0 Å². The number of halogens is 3. The van der Waals surface area contributed by atoms with Crippen LogP contribution >= 0.6 is 0 Å². The van der Waals surface area contributed by atoms with E-state index in [-0.39, 0.29) is 42.0 Å². The van der Waals surface area contributed by atoms with Gasteiger partial charge in [0.15, 0.2) is 11.4 Å². The second-order valence-corrected chi connectivity index (χ2v) is 9.97. The third-order valence-electron chi connectivity index (χ3n) is 7.26. The number of nitrogens with zero attached hydrogens (tertiary/aromatic N) is 1. The Bertz CT molecular complexity index is 1470. The first-order chi connectivity index (χ1) is 18.6. The van der Waals surface area contributed by atoms with Crippen LogP contribution < -0.4 is 26.2 Å². The number of carbonyl (C=O) groups is 2. The first kappa shape index (κ1) is 26.3. The molecule has 1 fully saturated rings. The molecule has 1 saturated carbocycles. The number of rotatable bonds is 6. The quantitative estimate of drug-likeness (QED) is 0.445. The Kier molecular flexibility index (Phi) is 7.07. The molecule has 0 saturated heterocycles. The molecule has 5 rings (SSSR count). The first-order valence-electron chi connectivity index (χ1n) is 12.6. The van der Waals surface area contributed by atoms with Gasteiger partial charge in [-0.25, -0.2) is 13.2 Å². The summed E-state index contributed by atoms with van der Waals surface area (Å²) in [6.07, 6.45) is 2.09. The van der Waals surface area contributed by atoms with Crippen molar-refractivity contribution in [3.05, 3.63) is 98.7 Å². The molecular weight excluding hydrogens is 513 g/mol. The van der Waals surface area contributed by atoms with E-state index in [1.165, 1.54) is 10.9 Å². The maximum atomic E-state index is 14.1. The normalized spacial score (nSPS) is 21.7. The summed E-state index contributed by atoms with van der Waals surface area (Å²) in [5.74, 6) is -4.76. The Hall–Kier alpha value is -4.28. The van der Waals surface area contributed by atoms with Gasteiger partial charge in [-0.2, -0.15) is 0 Å². The van der Waals surface area contributed by atoms with Gasteiger partial charge < -0.3 is 20.8 Å². The standard InChI is InChI=1S/C28H27F3N4O4/c1-14-18-10-19(18)15(2)34-35-12-21(27(37)32-11-20-22(30)8-17(29)9-23(20)31)25(36)26(24(35)28(38)33-14)39-13-16-6-4-3-5-7-16/h3-9,12,14-15,18-19,34H,10-11,13H2,1-2H3,(H,32,37)(H,33,38)/t14?,15-,18?,19-/m1/s1. The lowest BCUT2D eigenvalue weighted by molar-refractivity contribution is 0.0913. The van der Waals surface area contributed by atoms with E-state index in [1.807, 2.05) is 19.9 Å². The van der Waals surface area contributed by atoms with E-state index < -0.39 is 52.4 Å². The highest BCUT2D eigenvalue weighted by molar-refractivity contribution is 5.99. The van der Waals surface area contributed by atoms with Crippen molar-refractivity contribution in [3.8, 4) is 5.75 Å². The molecule has 11 heteroatoms. The van der Waals surface area contributed by atoms with E-state index in [4.69, 9.17) is 4.74 Å². The predicted octanol–water partition coefficient (Wildman–Crippen LogP) is 3.47. The highest BCUT2D eigenvalue weighted by Crippen LogP contribution is 2.44. The molecule has 8 nitrogen and oxygen atoms in total. The number of hydrogen-bond donors (Lipinski definition) is 3. The SMILES string of the molecule is CC1NC(=O)c2c(OCc3ccccc3)c(=O)c(C(=O)NCc3c(F)cc(F)cc3F)cn2N[C@H](C)[C@H]2CC12. The van der Waals surface area contributed by atoms with Crippen molar-refractivity contribution in [3.63, 3.8) is 0 Å². The van der Waals surface area contributed by atoms with Crippen LogP contribution in [0.4, 0.5) is 13.2 Å². The maximum absolute atomic E-state index is 14.1. The third kappa shape index (κ3) is 5.34. The Morgan fingerprint density at radius 2 is 1.72 bits per heavy atom. The van der Waals surface area contributed by atoms with E-state index in [1.54, 1.807) is 24.3 Å². The van der Waals surface area contributed by atoms with Crippen LogP contribution in [0, 0.1) is 29.3 Å². The summed E-state index contributed by atoms with van der Waals surface area (Å²) in [5.41, 5.74) is 2.00. The van der Waals surface area contributed by atoms with Crippen molar-refractivity contribution in [1.82, 2.24) is 15.3 Å². The molecule has 0 bridgehead atoms. The second kappa shape index (κ2) is 10.5. The van der Waals surface area contributed by atoms with E-state index >= 15 is 0 Å². The number of ether oxygens (including phenoxy) is 1. The fourth-order valence-corrected chi connectivity index (χ4v) is 5.02. The topological polar surface area (TPSA) is 101 Å². The summed E-state index contributed by atoms with van der Waals surface area (Å²) < 4.78 is 48.7. The zero-order valence-electron chi connectivity index (χ0n) is 21.3. The van der Waals surface area contributed by atoms with Crippen molar-refractivity contribution in [2.45, 2.75) is 45.5 Å². The van der Waals surface area contributed by atoms with Crippen molar-refractivity contribution >= 4 is 11.8 Å². The Morgan fingerprint density at radius 1 is 1.05 bits per heavy atom. The molecule has 2 heterocycles. The largest absolute Gasteiger partial charge is 0.482 e. The Labute approximate surface area is 222 Å². The molecular formula is C28H27F3N4O4. The van der Waals surface area contributed by atoms with Gasteiger partial charge in [0.2, 0.25) is 5.43 Å². The van der Waals surface area contributed by atoms with E-state index in [9.17, 15) is 27.6 Å². The maximum Gasteiger partial charge on any atom is 0.274 e. The molecule has 2 aromatic carbocycles.